The zero-order valence-corrected chi connectivity index (χ0v) is 10.9. The lowest BCUT2D eigenvalue weighted by Crippen LogP contribution is -2.22. The van der Waals surface area contributed by atoms with Gasteiger partial charge < -0.3 is 0 Å². The summed E-state index contributed by atoms with van der Waals surface area (Å²) in [7, 11) is 0. The van der Waals surface area contributed by atoms with E-state index in [-0.39, 0.29) is 0 Å². The Morgan fingerprint density at radius 2 is 1.94 bits per heavy atom. The molecule has 0 saturated carbocycles. The van der Waals surface area contributed by atoms with Crippen molar-refractivity contribution in [3.8, 4) is 0 Å². The number of carbonyl (C=O) groups excluding carboxylic acids is 2. The quantitative estimate of drug-likeness (QED) is 0.637. The number of hydrogen-bond acceptors (Lipinski definition) is 2. The number of carbonyl (C=O) groups is 2. The minimum atomic E-state index is -0.903. The largest absolute Gasteiger partial charge is 0.295 e. The number of halogens is 3. The van der Waals surface area contributed by atoms with E-state index in [2.05, 4.69) is 21.2 Å². The molecule has 0 spiro atoms. The average molecular weight is 323 g/mol. The van der Waals surface area contributed by atoms with Crippen molar-refractivity contribution in [3.05, 3.63) is 33.3 Å². The Hall–Kier alpha value is -0.580. The van der Waals surface area contributed by atoms with Crippen LogP contribution in [-0.4, -0.2) is 17.2 Å². The molecule has 1 aliphatic heterocycles. The first-order valence-corrected chi connectivity index (χ1v) is 6.05. The Morgan fingerprint density at radius 3 is 2.50 bits per heavy atom. The number of amides is 2. The summed E-state index contributed by atoms with van der Waals surface area (Å²) in [5.41, 5.74) is 0.555. The zero-order valence-electron chi connectivity index (χ0n) is 7.84. The van der Waals surface area contributed by atoms with Crippen LogP contribution in [0.3, 0.4) is 0 Å². The first-order valence-electron chi connectivity index (χ1n) is 4.44. The van der Waals surface area contributed by atoms with Gasteiger partial charge in [-0.05, 0) is 23.8 Å². The van der Waals surface area contributed by atoms with E-state index in [1.165, 1.54) is 0 Å². The third-order valence-corrected chi connectivity index (χ3v) is 3.65. The Bertz CT molecular complexity index is 478. The lowest BCUT2D eigenvalue weighted by atomic mass is 9.97. The highest BCUT2D eigenvalue weighted by molar-refractivity contribution is 9.10. The van der Waals surface area contributed by atoms with Crippen LogP contribution in [-0.2, 0) is 9.59 Å². The Labute approximate surface area is 110 Å². The smallest absolute Gasteiger partial charge is 0.245 e. The number of benzene rings is 1. The summed E-state index contributed by atoms with van der Waals surface area (Å²) < 4.78 is 0.780. The first-order chi connectivity index (χ1) is 7.50. The number of imide groups is 1. The Kier molecular flexibility index (Phi) is 3.24. The van der Waals surface area contributed by atoms with E-state index >= 15 is 0 Å². The normalized spacial score (nSPS) is 24.7. The fourth-order valence-corrected chi connectivity index (χ4v) is 2.52. The van der Waals surface area contributed by atoms with Crippen molar-refractivity contribution in [1.82, 2.24) is 5.32 Å². The van der Waals surface area contributed by atoms with Gasteiger partial charge in [0.1, 0.15) is 5.38 Å². The lowest BCUT2D eigenvalue weighted by molar-refractivity contribution is -0.125. The molecule has 6 heteroatoms. The van der Waals surface area contributed by atoms with Gasteiger partial charge in [0.2, 0.25) is 11.8 Å². The predicted octanol–water partition coefficient (Wildman–Crippen LogP) is 2.45. The molecule has 1 N–H and O–H groups in total. The van der Waals surface area contributed by atoms with Crippen molar-refractivity contribution < 1.29 is 9.59 Å². The SMILES string of the molecule is O=C1NC(=O)C(c2cc(Br)ccc2Cl)C1Cl. The zero-order chi connectivity index (χ0) is 11.9. The van der Waals surface area contributed by atoms with Crippen molar-refractivity contribution in [3.63, 3.8) is 0 Å². The Balaban J connectivity index is 2.48. The molecular weight excluding hydrogens is 317 g/mol. The topological polar surface area (TPSA) is 46.2 Å². The van der Waals surface area contributed by atoms with Crippen LogP contribution in [0.2, 0.25) is 5.02 Å². The standard InChI is InChI=1S/C10H6BrCl2NO2/c11-4-1-2-6(12)5(3-4)7-8(13)10(16)14-9(7)15/h1-3,7-8H,(H,14,15,16). The van der Waals surface area contributed by atoms with Gasteiger partial charge in [0, 0.05) is 9.50 Å². The maximum atomic E-state index is 11.6. The predicted molar refractivity (Wildman–Crippen MR) is 64.7 cm³/mol. The first kappa shape index (κ1) is 11.9. The van der Waals surface area contributed by atoms with Gasteiger partial charge in [0.25, 0.3) is 0 Å². The number of nitrogens with one attached hydrogen (secondary N) is 1. The van der Waals surface area contributed by atoms with Crippen molar-refractivity contribution in [2.45, 2.75) is 11.3 Å². The van der Waals surface area contributed by atoms with Crippen LogP contribution in [0.15, 0.2) is 22.7 Å². The molecule has 1 heterocycles. The monoisotopic (exact) mass is 321 g/mol. The van der Waals surface area contributed by atoms with E-state index in [1.54, 1.807) is 18.2 Å². The van der Waals surface area contributed by atoms with Gasteiger partial charge in [-0.1, -0.05) is 27.5 Å². The van der Waals surface area contributed by atoms with E-state index in [1.807, 2.05) is 0 Å². The third kappa shape index (κ3) is 1.97. The summed E-state index contributed by atoms with van der Waals surface area (Å²) in [6.45, 7) is 0. The molecule has 0 aliphatic carbocycles. The van der Waals surface area contributed by atoms with Gasteiger partial charge in [-0.2, -0.15) is 0 Å². The molecular formula is C10H6BrCl2NO2. The van der Waals surface area contributed by atoms with Crippen LogP contribution >= 0.6 is 39.1 Å². The summed E-state index contributed by atoms with van der Waals surface area (Å²) in [6, 6.07) is 5.10. The minimum absolute atomic E-state index is 0.412. The van der Waals surface area contributed by atoms with Crippen LogP contribution in [0.1, 0.15) is 11.5 Å². The molecule has 84 valence electrons. The molecule has 1 saturated heterocycles. The number of alkyl halides is 1. The second-order valence-corrected chi connectivity index (χ2v) is 5.19. The maximum Gasteiger partial charge on any atom is 0.245 e. The average Bonchev–Trinajstić information content (AvgIpc) is 2.46. The molecule has 2 atom stereocenters. The second-order valence-electron chi connectivity index (χ2n) is 3.40. The minimum Gasteiger partial charge on any atom is -0.295 e. The van der Waals surface area contributed by atoms with Crippen molar-refractivity contribution in [2.24, 2.45) is 0 Å². The Morgan fingerprint density at radius 1 is 1.25 bits per heavy atom. The van der Waals surface area contributed by atoms with E-state index in [4.69, 9.17) is 23.2 Å². The number of rotatable bonds is 1. The summed E-state index contributed by atoms with van der Waals surface area (Å²) in [6.07, 6.45) is 0. The van der Waals surface area contributed by atoms with Crippen LogP contribution in [0.25, 0.3) is 0 Å². The van der Waals surface area contributed by atoms with Gasteiger partial charge in [0.15, 0.2) is 0 Å². The summed E-state index contributed by atoms with van der Waals surface area (Å²) >= 11 is 15.1. The highest BCUT2D eigenvalue weighted by atomic mass is 79.9. The van der Waals surface area contributed by atoms with Crippen LogP contribution < -0.4 is 5.32 Å². The molecule has 1 fully saturated rings. The molecule has 0 radical (unpaired) electrons. The third-order valence-electron chi connectivity index (χ3n) is 2.37. The van der Waals surface area contributed by atoms with Crippen LogP contribution in [0, 0.1) is 0 Å². The molecule has 2 unspecified atom stereocenters. The molecule has 0 bridgehead atoms. The van der Waals surface area contributed by atoms with Crippen LogP contribution in [0.4, 0.5) is 0 Å². The van der Waals surface area contributed by atoms with E-state index in [0.717, 1.165) is 4.47 Å². The fraction of sp³-hybridized carbons (Fsp3) is 0.200. The highest BCUT2D eigenvalue weighted by Gasteiger charge is 2.42. The second kappa shape index (κ2) is 4.35. The van der Waals surface area contributed by atoms with E-state index in [9.17, 15) is 9.59 Å². The molecule has 1 aromatic rings. The molecule has 3 nitrogen and oxygen atoms in total. The van der Waals surface area contributed by atoms with E-state index < -0.39 is 23.1 Å². The lowest BCUT2D eigenvalue weighted by Gasteiger charge is -2.12. The molecule has 16 heavy (non-hydrogen) atoms. The van der Waals surface area contributed by atoms with Crippen molar-refractivity contribution in [1.29, 1.82) is 0 Å². The maximum absolute atomic E-state index is 11.6. The van der Waals surface area contributed by atoms with E-state index in [0.29, 0.717) is 10.6 Å². The molecule has 2 rings (SSSR count). The van der Waals surface area contributed by atoms with Gasteiger partial charge in [0.05, 0.1) is 5.92 Å². The summed E-state index contributed by atoms with van der Waals surface area (Å²) in [5, 5.41) is 1.69. The van der Waals surface area contributed by atoms with Crippen LogP contribution in [0.5, 0.6) is 0 Å². The number of hydrogen-bond donors (Lipinski definition) is 1. The molecule has 1 aliphatic rings. The fourth-order valence-electron chi connectivity index (χ4n) is 1.60. The molecule has 0 aromatic heterocycles. The van der Waals surface area contributed by atoms with Crippen molar-refractivity contribution in [2.75, 3.05) is 0 Å². The molecule has 1 aromatic carbocycles. The van der Waals surface area contributed by atoms with Crippen molar-refractivity contribution >= 4 is 50.9 Å². The highest BCUT2D eigenvalue weighted by Crippen LogP contribution is 2.34. The van der Waals surface area contributed by atoms with Gasteiger partial charge in [-0.25, -0.2) is 0 Å². The summed E-state index contributed by atoms with van der Waals surface area (Å²) in [5.74, 6) is -1.61. The molecule has 2 amide bonds. The summed E-state index contributed by atoms with van der Waals surface area (Å²) in [4.78, 5) is 22.8. The van der Waals surface area contributed by atoms with Gasteiger partial charge >= 0.3 is 0 Å². The van der Waals surface area contributed by atoms with Gasteiger partial charge in [-0.15, -0.1) is 11.6 Å². The van der Waals surface area contributed by atoms with Gasteiger partial charge in [-0.3, -0.25) is 14.9 Å².